The van der Waals surface area contributed by atoms with Crippen LogP contribution in [0.3, 0.4) is 0 Å². The van der Waals surface area contributed by atoms with E-state index in [-0.39, 0.29) is 5.91 Å². The lowest BCUT2D eigenvalue weighted by Gasteiger charge is -2.18. The first-order chi connectivity index (χ1) is 17.9. The number of esters is 1. The Morgan fingerprint density at radius 2 is 1.54 bits per heavy atom. The highest BCUT2D eigenvalue weighted by Crippen LogP contribution is 2.33. The highest BCUT2D eigenvalue weighted by molar-refractivity contribution is 6.16. The first kappa shape index (κ1) is 28.0. The molecule has 0 aliphatic carbocycles. The van der Waals surface area contributed by atoms with Gasteiger partial charge in [0, 0.05) is 12.2 Å². The third-order valence-electron chi connectivity index (χ3n) is 6.83. The van der Waals surface area contributed by atoms with Gasteiger partial charge in [-0.15, -0.1) is 0 Å². The molecular weight excluding hydrogens is 466 g/mol. The molecule has 0 unspecified atom stereocenters. The number of unbranched alkanes of at least 4 members (excludes halogenated alkanes) is 4. The van der Waals surface area contributed by atoms with Gasteiger partial charge in [0.2, 0.25) is 0 Å². The number of benzene rings is 2. The average Bonchev–Trinajstić information content (AvgIpc) is 3.15. The van der Waals surface area contributed by atoms with Crippen molar-refractivity contribution < 1.29 is 23.8 Å². The molecule has 0 fully saturated rings. The topological polar surface area (TPSA) is 65.1 Å². The lowest BCUT2D eigenvalue weighted by atomic mass is 10.0. The Morgan fingerprint density at radius 3 is 2.19 bits per heavy atom. The summed E-state index contributed by atoms with van der Waals surface area (Å²) in [5, 5.41) is 0. The number of carbonyl (C=O) groups excluding carboxylic acids is 2. The zero-order valence-corrected chi connectivity index (χ0v) is 22.8. The van der Waals surface area contributed by atoms with Gasteiger partial charge < -0.3 is 19.1 Å². The average molecular weight is 506 g/mol. The minimum Gasteiger partial charge on any atom is -0.493 e. The second kappa shape index (κ2) is 13.7. The second-order valence-electron chi connectivity index (χ2n) is 9.31. The van der Waals surface area contributed by atoms with E-state index in [2.05, 4.69) is 19.1 Å². The standard InChI is InChI=1S/C31H39NO5/c1-6-7-8-9-10-11-23-12-14-24(15-13-23)20-26-29(31(34)37-5)22(2)32(30(26)33)19-18-25-16-17-27(35-3)28(21-25)36-4/h12-17,20-21H,6-11,18-19H2,1-5H3. The fourth-order valence-electron chi connectivity index (χ4n) is 4.65. The van der Waals surface area contributed by atoms with Gasteiger partial charge in [-0.25, -0.2) is 4.79 Å². The van der Waals surface area contributed by atoms with E-state index < -0.39 is 5.97 Å². The van der Waals surface area contributed by atoms with Crippen LogP contribution < -0.4 is 9.47 Å². The molecule has 6 nitrogen and oxygen atoms in total. The normalized spacial score (nSPS) is 14.5. The molecule has 0 saturated carbocycles. The van der Waals surface area contributed by atoms with Crippen molar-refractivity contribution in [2.45, 2.75) is 58.8 Å². The molecule has 0 atom stereocenters. The third kappa shape index (κ3) is 7.03. The van der Waals surface area contributed by atoms with Crippen LogP contribution in [0.2, 0.25) is 0 Å². The lowest BCUT2D eigenvalue weighted by Crippen LogP contribution is -2.27. The number of methoxy groups -OCH3 is 3. The molecule has 37 heavy (non-hydrogen) atoms. The highest BCUT2D eigenvalue weighted by atomic mass is 16.5. The van der Waals surface area contributed by atoms with Crippen molar-refractivity contribution >= 4 is 18.0 Å². The molecule has 0 aromatic heterocycles. The number of ether oxygens (including phenoxy) is 3. The molecule has 2 aromatic carbocycles. The van der Waals surface area contributed by atoms with Gasteiger partial charge in [0.1, 0.15) is 0 Å². The minimum absolute atomic E-state index is 0.196. The highest BCUT2D eigenvalue weighted by Gasteiger charge is 2.36. The molecule has 198 valence electrons. The van der Waals surface area contributed by atoms with E-state index in [1.165, 1.54) is 44.8 Å². The van der Waals surface area contributed by atoms with Crippen LogP contribution in [0.4, 0.5) is 0 Å². The number of amides is 1. The SMILES string of the molecule is CCCCCCCc1ccc(C=C2C(=O)N(CCc3ccc(OC)c(OC)c3)C(C)=C2C(=O)OC)cc1. The Kier molecular flexibility index (Phi) is 10.4. The summed E-state index contributed by atoms with van der Waals surface area (Å²) < 4.78 is 15.7. The van der Waals surface area contributed by atoms with Crippen molar-refractivity contribution in [1.29, 1.82) is 0 Å². The molecular formula is C31H39NO5. The Labute approximate surface area is 220 Å². The van der Waals surface area contributed by atoms with E-state index in [1.807, 2.05) is 30.3 Å². The van der Waals surface area contributed by atoms with Crippen LogP contribution in [0.15, 0.2) is 59.3 Å². The number of allylic oxidation sites excluding steroid dienone is 1. The summed E-state index contributed by atoms with van der Waals surface area (Å²) in [7, 11) is 4.53. The van der Waals surface area contributed by atoms with Crippen molar-refractivity contribution in [2.75, 3.05) is 27.9 Å². The number of aryl methyl sites for hydroxylation is 1. The number of hydrogen-bond donors (Lipinski definition) is 0. The van der Waals surface area contributed by atoms with Crippen molar-refractivity contribution in [3.63, 3.8) is 0 Å². The Morgan fingerprint density at radius 1 is 0.865 bits per heavy atom. The summed E-state index contributed by atoms with van der Waals surface area (Å²) in [5.41, 5.74) is 4.46. The maximum Gasteiger partial charge on any atom is 0.340 e. The number of hydrogen-bond acceptors (Lipinski definition) is 5. The van der Waals surface area contributed by atoms with Gasteiger partial charge in [0.15, 0.2) is 11.5 Å². The zero-order valence-electron chi connectivity index (χ0n) is 22.8. The van der Waals surface area contributed by atoms with Crippen molar-refractivity contribution in [3.05, 3.63) is 76.0 Å². The molecule has 3 rings (SSSR count). The van der Waals surface area contributed by atoms with Gasteiger partial charge >= 0.3 is 5.97 Å². The van der Waals surface area contributed by atoms with Crippen LogP contribution >= 0.6 is 0 Å². The summed E-state index contributed by atoms with van der Waals surface area (Å²) in [5.74, 6) is 0.591. The molecule has 0 N–H and O–H groups in total. The Hall–Kier alpha value is -3.54. The van der Waals surface area contributed by atoms with Gasteiger partial charge in [-0.3, -0.25) is 4.79 Å². The fourth-order valence-corrected chi connectivity index (χ4v) is 4.65. The number of rotatable bonds is 13. The molecule has 0 saturated heterocycles. The van der Waals surface area contributed by atoms with Crippen molar-refractivity contribution in [3.8, 4) is 11.5 Å². The first-order valence-electron chi connectivity index (χ1n) is 13.1. The Bertz CT molecular complexity index is 1150. The fraction of sp³-hybridized carbons (Fsp3) is 0.419. The summed E-state index contributed by atoms with van der Waals surface area (Å²) in [6.07, 6.45) is 9.70. The third-order valence-corrected chi connectivity index (χ3v) is 6.83. The van der Waals surface area contributed by atoms with Gasteiger partial charge in [-0.1, -0.05) is 62.9 Å². The summed E-state index contributed by atoms with van der Waals surface area (Å²) in [6, 6.07) is 13.9. The smallest absolute Gasteiger partial charge is 0.340 e. The van der Waals surface area contributed by atoms with E-state index in [1.54, 1.807) is 32.1 Å². The van der Waals surface area contributed by atoms with Crippen molar-refractivity contribution in [1.82, 2.24) is 4.90 Å². The summed E-state index contributed by atoms with van der Waals surface area (Å²) >= 11 is 0. The van der Waals surface area contributed by atoms with Gasteiger partial charge in [0.25, 0.3) is 5.91 Å². The van der Waals surface area contributed by atoms with Crippen LogP contribution in [-0.4, -0.2) is 44.7 Å². The predicted octanol–water partition coefficient (Wildman–Crippen LogP) is 6.13. The lowest BCUT2D eigenvalue weighted by molar-refractivity contribution is -0.136. The number of nitrogens with zero attached hydrogens (tertiary/aromatic N) is 1. The van der Waals surface area contributed by atoms with Crippen LogP contribution in [0, 0.1) is 0 Å². The first-order valence-corrected chi connectivity index (χ1v) is 13.1. The molecule has 0 spiro atoms. The molecule has 0 bridgehead atoms. The van der Waals surface area contributed by atoms with E-state index in [9.17, 15) is 9.59 Å². The van der Waals surface area contributed by atoms with E-state index in [0.717, 1.165) is 17.5 Å². The molecule has 1 heterocycles. The quantitative estimate of drug-likeness (QED) is 0.186. The maximum absolute atomic E-state index is 13.5. The van der Waals surface area contributed by atoms with Crippen LogP contribution in [0.5, 0.6) is 11.5 Å². The van der Waals surface area contributed by atoms with Crippen LogP contribution in [-0.2, 0) is 27.2 Å². The largest absolute Gasteiger partial charge is 0.493 e. The van der Waals surface area contributed by atoms with Crippen LogP contribution in [0.1, 0.15) is 62.6 Å². The second-order valence-corrected chi connectivity index (χ2v) is 9.31. The molecule has 1 aliphatic rings. The molecule has 0 radical (unpaired) electrons. The van der Waals surface area contributed by atoms with Crippen molar-refractivity contribution in [2.24, 2.45) is 0 Å². The molecule has 1 amide bonds. The maximum atomic E-state index is 13.5. The molecule has 2 aromatic rings. The van der Waals surface area contributed by atoms with Gasteiger partial charge in [-0.05, 0) is 61.1 Å². The minimum atomic E-state index is -0.505. The van der Waals surface area contributed by atoms with E-state index in [0.29, 0.717) is 41.3 Å². The zero-order chi connectivity index (χ0) is 26.8. The molecule has 1 aliphatic heterocycles. The number of carbonyl (C=O) groups is 2. The van der Waals surface area contributed by atoms with Gasteiger partial charge in [0.05, 0.1) is 32.5 Å². The summed E-state index contributed by atoms with van der Waals surface area (Å²) in [6.45, 7) is 4.44. The van der Waals surface area contributed by atoms with Gasteiger partial charge in [-0.2, -0.15) is 0 Å². The van der Waals surface area contributed by atoms with E-state index in [4.69, 9.17) is 14.2 Å². The Balaban J connectivity index is 1.76. The monoisotopic (exact) mass is 505 g/mol. The molecule has 6 heteroatoms. The van der Waals surface area contributed by atoms with Crippen LogP contribution in [0.25, 0.3) is 6.08 Å². The van der Waals surface area contributed by atoms with E-state index >= 15 is 0 Å². The summed E-state index contributed by atoms with van der Waals surface area (Å²) in [4.78, 5) is 27.8. The predicted molar refractivity (Wildman–Crippen MR) is 147 cm³/mol.